The molecule has 2 heterocycles. The Balaban J connectivity index is 2.12. The Morgan fingerprint density at radius 1 is 1.50 bits per heavy atom. The van der Waals surface area contributed by atoms with Crippen LogP contribution in [0.3, 0.4) is 0 Å². The van der Waals surface area contributed by atoms with Crippen molar-refractivity contribution in [2.75, 3.05) is 7.05 Å². The van der Waals surface area contributed by atoms with Crippen molar-refractivity contribution in [1.29, 1.82) is 0 Å². The predicted octanol–water partition coefficient (Wildman–Crippen LogP) is 3.49. The van der Waals surface area contributed by atoms with Crippen LogP contribution < -0.4 is 0 Å². The molecule has 0 aromatic carbocycles. The van der Waals surface area contributed by atoms with Gasteiger partial charge >= 0.3 is 0 Å². The lowest BCUT2D eigenvalue weighted by atomic mass is 10.2. The van der Waals surface area contributed by atoms with Gasteiger partial charge in [-0.05, 0) is 45.9 Å². The van der Waals surface area contributed by atoms with Crippen molar-refractivity contribution in [1.82, 2.24) is 9.88 Å². The van der Waals surface area contributed by atoms with E-state index in [1.807, 2.05) is 12.4 Å². The molecule has 0 aliphatic rings. The van der Waals surface area contributed by atoms with Crippen LogP contribution in [0.5, 0.6) is 0 Å². The molecule has 5 heteroatoms. The van der Waals surface area contributed by atoms with Crippen LogP contribution in [0, 0.1) is 6.92 Å². The lowest BCUT2D eigenvalue weighted by molar-refractivity contribution is 0.0786. The normalized spacial score (nSPS) is 10.4. The predicted molar refractivity (Wildman–Crippen MR) is 76.8 cm³/mol. The standard InChI is InChI=1S/C13H13BrN2OS/c1-9-3-4-18-12(9)8-16(2)13(17)10-5-11(14)7-15-6-10/h3-7H,8H2,1-2H3. The second-order valence-electron chi connectivity index (χ2n) is 4.08. The number of rotatable bonds is 3. The monoisotopic (exact) mass is 324 g/mol. The third-order valence-electron chi connectivity index (χ3n) is 2.65. The van der Waals surface area contributed by atoms with Crippen LogP contribution in [0.15, 0.2) is 34.4 Å². The van der Waals surface area contributed by atoms with E-state index in [0.717, 1.165) is 4.47 Å². The van der Waals surface area contributed by atoms with E-state index in [2.05, 4.69) is 33.9 Å². The molecule has 1 amide bonds. The molecule has 0 bridgehead atoms. The Morgan fingerprint density at radius 2 is 2.28 bits per heavy atom. The van der Waals surface area contributed by atoms with Gasteiger partial charge in [0.25, 0.3) is 5.91 Å². The molecule has 0 saturated carbocycles. The molecule has 94 valence electrons. The minimum atomic E-state index is -0.0170. The highest BCUT2D eigenvalue weighted by Gasteiger charge is 2.14. The summed E-state index contributed by atoms with van der Waals surface area (Å²) in [6.45, 7) is 2.69. The van der Waals surface area contributed by atoms with Crippen molar-refractivity contribution in [2.24, 2.45) is 0 Å². The largest absolute Gasteiger partial charge is 0.337 e. The van der Waals surface area contributed by atoms with Crippen molar-refractivity contribution in [2.45, 2.75) is 13.5 Å². The Hall–Kier alpha value is -1.20. The van der Waals surface area contributed by atoms with Gasteiger partial charge in [0.1, 0.15) is 0 Å². The van der Waals surface area contributed by atoms with E-state index in [-0.39, 0.29) is 5.91 Å². The van der Waals surface area contributed by atoms with Gasteiger partial charge in [-0.1, -0.05) is 0 Å². The molecule has 2 aromatic rings. The Bertz CT molecular complexity index is 568. The third-order valence-corrected chi connectivity index (χ3v) is 4.09. The van der Waals surface area contributed by atoms with E-state index >= 15 is 0 Å². The van der Waals surface area contributed by atoms with E-state index in [1.165, 1.54) is 10.4 Å². The topological polar surface area (TPSA) is 33.2 Å². The van der Waals surface area contributed by atoms with Crippen LogP contribution in [-0.2, 0) is 6.54 Å². The zero-order chi connectivity index (χ0) is 13.1. The number of pyridine rings is 1. The molecule has 0 atom stereocenters. The van der Waals surface area contributed by atoms with Gasteiger partial charge in [-0.2, -0.15) is 0 Å². The Labute approximate surface area is 119 Å². The average Bonchev–Trinajstić information content (AvgIpc) is 2.74. The Kier molecular flexibility index (Phi) is 4.14. The zero-order valence-electron chi connectivity index (χ0n) is 10.2. The summed E-state index contributed by atoms with van der Waals surface area (Å²) >= 11 is 5.00. The van der Waals surface area contributed by atoms with Gasteiger partial charge in [0.15, 0.2) is 0 Å². The second-order valence-corrected chi connectivity index (χ2v) is 6.00. The fourth-order valence-electron chi connectivity index (χ4n) is 1.60. The number of carbonyl (C=O) groups excluding carboxylic acids is 1. The Morgan fingerprint density at radius 3 is 2.89 bits per heavy atom. The average molecular weight is 325 g/mol. The lowest BCUT2D eigenvalue weighted by Crippen LogP contribution is -2.26. The lowest BCUT2D eigenvalue weighted by Gasteiger charge is -2.16. The van der Waals surface area contributed by atoms with Gasteiger partial charge in [0.05, 0.1) is 12.1 Å². The molecule has 0 radical (unpaired) electrons. The summed E-state index contributed by atoms with van der Waals surface area (Å²) in [4.78, 5) is 19.1. The first-order valence-corrected chi connectivity index (χ1v) is 7.14. The van der Waals surface area contributed by atoms with Crippen molar-refractivity contribution < 1.29 is 4.79 Å². The number of thiophene rings is 1. The minimum absolute atomic E-state index is 0.0170. The number of amides is 1. The van der Waals surface area contributed by atoms with Crippen LogP contribution in [-0.4, -0.2) is 22.8 Å². The van der Waals surface area contributed by atoms with E-state index in [1.54, 1.807) is 34.7 Å². The molecule has 2 aromatic heterocycles. The van der Waals surface area contributed by atoms with E-state index < -0.39 is 0 Å². The molecule has 0 aliphatic heterocycles. The van der Waals surface area contributed by atoms with Gasteiger partial charge in [0.2, 0.25) is 0 Å². The molecule has 0 fully saturated rings. The molecule has 3 nitrogen and oxygen atoms in total. The summed E-state index contributed by atoms with van der Waals surface area (Å²) in [6, 6.07) is 3.85. The highest BCUT2D eigenvalue weighted by atomic mass is 79.9. The van der Waals surface area contributed by atoms with Crippen LogP contribution >= 0.6 is 27.3 Å². The van der Waals surface area contributed by atoms with Gasteiger partial charge in [-0.25, -0.2) is 0 Å². The number of nitrogens with zero attached hydrogens (tertiary/aromatic N) is 2. The number of aryl methyl sites for hydroxylation is 1. The molecule has 0 aliphatic carbocycles. The molecular weight excluding hydrogens is 312 g/mol. The quantitative estimate of drug-likeness (QED) is 0.865. The number of aromatic nitrogens is 1. The molecule has 2 rings (SSSR count). The van der Waals surface area contributed by atoms with Crippen LogP contribution in [0.4, 0.5) is 0 Å². The van der Waals surface area contributed by atoms with Crippen LogP contribution in [0.1, 0.15) is 20.8 Å². The fraction of sp³-hybridized carbons (Fsp3) is 0.231. The van der Waals surface area contributed by atoms with Gasteiger partial charge in [-0.3, -0.25) is 9.78 Å². The summed E-state index contributed by atoms with van der Waals surface area (Å²) in [5.41, 5.74) is 1.83. The molecule has 0 N–H and O–H groups in total. The number of hydrogen-bond acceptors (Lipinski definition) is 3. The SMILES string of the molecule is Cc1ccsc1CN(C)C(=O)c1cncc(Br)c1. The molecule has 18 heavy (non-hydrogen) atoms. The number of halogens is 1. The van der Waals surface area contributed by atoms with Gasteiger partial charge in [-0.15, -0.1) is 11.3 Å². The molecule has 0 unspecified atom stereocenters. The summed E-state index contributed by atoms with van der Waals surface area (Å²) in [5.74, 6) is -0.0170. The van der Waals surface area contributed by atoms with Crippen molar-refractivity contribution in [3.63, 3.8) is 0 Å². The first-order chi connectivity index (χ1) is 8.58. The maximum atomic E-state index is 12.2. The van der Waals surface area contributed by atoms with Crippen molar-refractivity contribution in [3.05, 3.63) is 50.4 Å². The van der Waals surface area contributed by atoms with Gasteiger partial charge in [0, 0.05) is 28.8 Å². The van der Waals surface area contributed by atoms with Crippen molar-refractivity contribution in [3.8, 4) is 0 Å². The van der Waals surface area contributed by atoms with Crippen LogP contribution in [0.2, 0.25) is 0 Å². The first-order valence-electron chi connectivity index (χ1n) is 5.47. The third kappa shape index (κ3) is 2.97. The van der Waals surface area contributed by atoms with E-state index in [0.29, 0.717) is 12.1 Å². The summed E-state index contributed by atoms with van der Waals surface area (Å²) in [5, 5.41) is 2.05. The molecule has 0 saturated heterocycles. The number of carbonyl (C=O) groups is 1. The summed E-state index contributed by atoms with van der Waals surface area (Å²) in [7, 11) is 1.81. The van der Waals surface area contributed by atoms with Crippen LogP contribution in [0.25, 0.3) is 0 Å². The maximum Gasteiger partial charge on any atom is 0.255 e. The second kappa shape index (κ2) is 5.63. The summed E-state index contributed by atoms with van der Waals surface area (Å²) < 4.78 is 0.814. The number of hydrogen-bond donors (Lipinski definition) is 0. The summed E-state index contributed by atoms with van der Waals surface area (Å²) in [6.07, 6.45) is 3.26. The maximum absolute atomic E-state index is 12.2. The van der Waals surface area contributed by atoms with E-state index in [9.17, 15) is 4.79 Å². The van der Waals surface area contributed by atoms with E-state index in [4.69, 9.17) is 0 Å². The molecule has 0 spiro atoms. The fourth-order valence-corrected chi connectivity index (χ4v) is 2.93. The zero-order valence-corrected chi connectivity index (χ0v) is 12.6. The first kappa shape index (κ1) is 13.2. The highest BCUT2D eigenvalue weighted by molar-refractivity contribution is 9.10. The smallest absolute Gasteiger partial charge is 0.255 e. The van der Waals surface area contributed by atoms with Gasteiger partial charge < -0.3 is 4.90 Å². The highest BCUT2D eigenvalue weighted by Crippen LogP contribution is 2.18. The van der Waals surface area contributed by atoms with Crippen molar-refractivity contribution >= 4 is 33.2 Å². The minimum Gasteiger partial charge on any atom is -0.337 e. The molecular formula is C13H13BrN2OS.